The van der Waals surface area contributed by atoms with Gasteiger partial charge in [0.15, 0.2) is 11.6 Å². The van der Waals surface area contributed by atoms with Crippen LogP contribution in [0.4, 0.5) is 4.39 Å². The van der Waals surface area contributed by atoms with Crippen LogP contribution < -0.4 is 0 Å². The molecule has 2 saturated carbocycles. The highest BCUT2D eigenvalue weighted by Gasteiger charge is 2.47. The van der Waals surface area contributed by atoms with Crippen LogP contribution in [0.5, 0.6) is 0 Å². The van der Waals surface area contributed by atoms with Crippen molar-refractivity contribution in [2.45, 2.75) is 32.1 Å². The van der Waals surface area contributed by atoms with Crippen molar-refractivity contribution in [1.29, 1.82) is 0 Å². The molecule has 1 unspecified atom stereocenters. The molecule has 2 nitrogen and oxygen atoms in total. The van der Waals surface area contributed by atoms with E-state index in [4.69, 9.17) is 11.6 Å². The Balaban J connectivity index is 1.80. The maximum atomic E-state index is 14.3. The van der Waals surface area contributed by atoms with Gasteiger partial charge in [-0.05, 0) is 67.1 Å². The van der Waals surface area contributed by atoms with E-state index < -0.39 is 11.7 Å². The van der Waals surface area contributed by atoms with Gasteiger partial charge in [0, 0.05) is 22.4 Å². The van der Waals surface area contributed by atoms with E-state index in [9.17, 15) is 14.0 Å². The molecule has 0 aromatic heterocycles. The minimum Gasteiger partial charge on any atom is -0.298 e. The Morgan fingerprint density at radius 2 is 1.68 bits per heavy atom. The Kier molecular flexibility index (Phi) is 3.99. The lowest BCUT2D eigenvalue weighted by molar-refractivity contribution is -0.135. The number of fused-ring (bicyclic) bond motifs is 2. The average Bonchev–Trinajstić information content (AvgIpc) is 3.02. The van der Waals surface area contributed by atoms with Crippen molar-refractivity contribution in [3.63, 3.8) is 0 Å². The van der Waals surface area contributed by atoms with Crippen molar-refractivity contribution in [2.24, 2.45) is 11.8 Å². The molecule has 2 bridgehead atoms. The lowest BCUT2D eigenvalue weighted by Crippen LogP contribution is -2.35. The van der Waals surface area contributed by atoms with Gasteiger partial charge >= 0.3 is 0 Å². The fourth-order valence-electron chi connectivity index (χ4n) is 4.26. The summed E-state index contributed by atoms with van der Waals surface area (Å²) in [6, 6.07) is 10.0. The molecular formula is C21H18ClFO2. The molecule has 2 aliphatic rings. The normalized spacial score (nSPS) is 25.5. The van der Waals surface area contributed by atoms with Gasteiger partial charge in [0.1, 0.15) is 11.7 Å². The number of hydrogen-bond donors (Lipinski definition) is 0. The lowest BCUT2D eigenvalue weighted by atomic mass is 9.74. The third-order valence-corrected chi connectivity index (χ3v) is 5.87. The van der Waals surface area contributed by atoms with Crippen molar-refractivity contribution < 1.29 is 14.0 Å². The lowest BCUT2D eigenvalue weighted by Gasteiger charge is -2.27. The molecule has 0 radical (unpaired) electrons. The number of hydrogen-bond acceptors (Lipinski definition) is 2. The van der Waals surface area contributed by atoms with Gasteiger partial charge in [0.05, 0.1) is 0 Å². The molecule has 2 aliphatic carbocycles. The summed E-state index contributed by atoms with van der Waals surface area (Å²) in [5.41, 5.74) is 2.70. The number of carbonyl (C=O) groups is 2. The number of aryl methyl sites for hydroxylation is 1. The SMILES string of the molecule is Cc1ccc(-c2ccc(Cl)cc2F)cc1C1C(=O)[C@@H]2CC[C@@H](C2)C1=O. The Morgan fingerprint density at radius 1 is 1.00 bits per heavy atom. The van der Waals surface area contributed by atoms with E-state index in [-0.39, 0.29) is 23.4 Å². The standard InChI is InChI=1S/C21H18ClFO2/c1-11-2-3-12(16-7-6-15(22)10-18(16)23)9-17(11)19-20(24)13-4-5-14(8-13)21(19)25/h2-3,6-7,9-10,13-14,19H,4-5,8H2,1H3/t13-,14+,19?. The molecule has 2 aromatic rings. The Labute approximate surface area is 151 Å². The van der Waals surface area contributed by atoms with E-state index in [0.717, 1.165) is 24.0 Å². The van der Waals surface area contributed by atoms with Crippen LogP contribution in [0, 0.1) is 24.6 Å². The number of rotatable bonds is 2. The van der Waals surface area contributed by atoms with Gasteiger partial charge in [0.25, 0.3) is 0 Å². The fraction of sp³-hybridized carbons (Fsp3) is 0.333. The molecule has 0 spiro atoms. The molecule has 0 aliphatic heterocycles. The molecule has 128 valence electrons. The van der Waals surface area contributed by atoms with Crippen molar-refractivity contribution in [2.75, 3.05) is 0 Å². The van der Waals surface area contributed by atoms with Gasteiger partial charge in [-0.2, -0.15) is 0 Å². The van der Waals surface area contributed by atoms with E-state index in [0.29, 0.717) is 22.6 Å². The third kappa shape index (κ3) is 2.71. The molecule has 0 N–H and O–H groups in total. The van der Waals surface area contributed by atoms with Crippen LogP contribution in [0.2, 0.25) is 5.02 Å². The minimum atomic E-state index is -0.693. The second-order valence-corrected chi connectivity index (χ2v) is 7.58. The van der Waals surface area contributed by atoms with Crippen LogP contribution in [-0.4, -0.2) is 11.6 Å². The average molecular weight is 357 g/mol. The zero-order valence-corrected chi connectivity index (χ0v) is 14.6. The summed E-state index contributed by atoms with van der Waals surface area (Å²) in [7, 11) is 0. The highest BCUT2D eigenvalue weighted by atomic mass is 35.5. The zero-order valence-electron chi connectivity index (χ0n) is 13.9. The molecule has 2 aromatic carbocycles. The van der Waals surface area contributed by atoms with Crippen molar-refractivity contribution in [3.8, 4) is 11.1 Å². The van der Waals surface area contributed by atoms with Crippen LogP contribution in [0.25, 0.3) is 11.1 Å². The van der Waals surface area contributed by atoms with E-state index >= 15 is 0 Å². The first-order chi connectivity index (χ1) is 12.0. The molecule has 4 heteroatoms. The summed E-state index contributed by atoms with van der Waals surface area (Å²) in [5, 5.41) is 0.336. The Morgan fingerprint density at radius 3 is 2.32 bits per heavy atom. The number of carbonyl (C=O) groups excluding carboxylic acids is 2. The van der Waals surface area contributed by atoms with Gasteiger partial charge in [-0.15, -0.1) is 0 Å². The maximum absolute atomic E-state index is 14.3. The van der Waals surface area contributed by atoms with E-state index in [1.54, 1.807) is 18.2 Å². The fourth-order valence-corrected chi connectivity index (χ4v) is 4.42. The zero-order chi connectivity index (χ0) is 17.7. The van der Waals surface area contributed by atoms with Crippen molar-refractivity contribution in [3.05, 3.63) is 58.4 Å². The molecular weight excluding hydrogens is 339 g/mol. The molecule has 3 atom stereocenters. The van der Waals surface area contributed by atoms with Gasteiger partial charge in [-0.3, -0.25) is 9.59 Å². The summed E-state index contributed by atoms with van der Waals surface area (Å²) < 4.78 is 14.3. The molecule has 25 heavy (non-hydrogen) atoms. The summed E-state index contributed by atoms with van der Waals surface area (Å²) in [6.07, 6.45) is 2.34. The van der Waals surface area contributed by atoms with Gasteiger partial charge in [0.2, 0.25) is 0 Å². The number of ketones is 2. The largest absolute Gasteiger partial charge is 0.298 e. The van der Waals surface area contributed by atoms with Gasteiger partial charge in [-0.25, -0.2) is 4.39 Å². The summed E-state index contributed by atoms with van der Waals surface area (Å²) in [6.45, 7) is 1.90. The topological polar surface area (TPSA) is 34.1 Å². The monoisotopic (exact) mass is 356 g/mol. The van der Waals surface area contributed by atoms with Crippen LogP contribution in [0.3, 0.4) is 0 Å². The number of benzene rings is 2. The van der Waals surface area contributed by atoms with Crippen LogP contribution >= 0.6 is 11.6 Å². The Bertz CT molecular complexity index is 867. The first kappa shape index (κ1) is 16.5. The summed E-state index contributed by atoms with van der Waals surface area (Å²) >= 11 is 5.83. The predicted octanol–water partition coefficient (Wildman–Crippen LogP) is 5.11. The van der Waals surface area contributed by atoms with Crippen LogP contribution in [-0.2, 0) is 9.59 Å². The summed E-state index contributed by atoms with van der Waals surface area (Å²) in [4.78, 5) is 25.6. The summed E-state index contributed by atoms with van der Waals surface area (Å²) in [5.74, 6) is -1.03. The van der Waals surface area contributed by atoms with Gasteiger partial charge < -0.3 is 0 Å². The number of Topliss-reactive ketones (excluding diaryl/α,β-unsaturated/α-hetero) is 2. The highest BCUT2D eigenvalue weighted by Crippen LogP contribution is 2.45. The van der Waals surface area contributed by atoms with E-state index in [2.05, 4.69) is 0 Å². The minimum absolute atomic E-state index is 0.00280. The van der Waals surface area contributed by atoms with E-state index in [1.807, 2.05) is 19.1 Å². The quantitative estimate of drug-likeness (QED) is 0.701. The highest BCUT2D eigenvalue weighted by molar-refractivity contribution is 6.30. The van der Waals surface area contributed by atoms with Gasteiger partial charge in [-0.1, -0.05) is 23.7 Å². The van der Waals surface area contributed by atoms with E-state index in [1.165, 1.54) is 6.07 Å². The Hall–Kier alpha value is -2.00. The molecule has 2 fully saturated rings. The first-order valence-electron chi connectivity index (χ1n) is 8.59. The molecule has 4 rings (SSSR count). The molecule has 0 saturated heterocycles. The van der Waals surface area contributed by atoms with Crippen molar-refractivity contribution in [1.82, 2.24) is 0 Å². The van der Waals surface area contributed by atoms with Crippen molar-refractivity contribution >= 4 is 23.2 Å². The smallest absolute Gasteiger partial charge is 0.150 e. The second-order valence-electron chi connectivity index (χ2n) is 7.14. The molecule has 0 amide bonds. The third-order valence-electron chi connectivity index (χ3n) is 5.64. The van der Waals surface area contributed by atoms with Crippen LogP contribution in [0.1, 0.15) is 36.3 Å². The second kappa shape index (κ2) is 6.06. The maximum Gasteiger partial charge on any atom is 0.150 e. The predicted molar refractivity (Wildman–Crippen MR) is 95.2 cm³/mol. The first-order valence-corrected chi connectivity index (χ1v) is 8.97. The number of halogens is 2. The van der Waals surface area contributed by atoms with Crippen LogP contribution in [0.15, 0.2) is 36.4 Å². The molecule has 0 heterocycles.